The van der Waals surface area contributed by atoms with Gasteiger partial charge >= 0.3 is 6.03 Å². The van der Waals surface area contributed by atoms with Gasteiger partial charge in [0.2, 0.25) is 5.91 Å². The molecule has 1 aliphatic heterocycles. The first-order valence-electron chi connectivity index (χ1n) is 13.9. The molecule has 1 fully saturated rings. The molecule has 0 bridgehead atoms. The van der Waals surface area contributed by atoms with Crippen LogP contribution in [0.15, 0.2) is 60.7 Å². The molecule has 0 radical (unpaired) electrons. The molecule has 0 unspecified atom stereocenters. The highest BCUT2D eigenvalue weighted by atomic mass is 35.5. The monoisotopic (exact) mass is 598 g/mol. The Bertz CT molecular complexity index is 1410. The number of hydrogen-bond donors (Lipinski definition) is 3. The van der Waals surface area contributed by atoms with Gasteiger partial charge in [-0.15, -0.1) is 0 Å². The van der Waals surface area contributed by atoms with E-state index in [1.165, 1.54) is 47.5 Å². The van der Waals surface area contributed by atoms with E-state index in [0.29, 0.717) is 61.2 Å². The average Bonchev–Trinajstić information content (AvgIpc) is 2.94. The van der Waals surface area contributed by atoms with Crippen molar-refractivity contribution in [3.63, 3.8) is 0 Å². The zero-order valence-electron chi connectivity index (χ0n) is 23.7. The molecule has 3 aromatic carbocycles. The van der Waals surface area contributed by atoms with Gasteiger partial charge in [0.15, 0.2) is 0 Å². The highest BCUT2D eigenvalue weighted by Gasteiger charge is 2.37. The van der Waals surface area contributed by atoms with Crippen molar-refractivity contribution >= 4 is 29.2 Å². The molecule has 1 aliphatic rings. The molecule has 0 aliphatic carbocycles. The van der Waals surface area contributed by atoms with E-state index in [0.717, 1.165) is 12.8 Å². The lowest BCUT2D eigenvalue weighted by Gasteiger charge is -2.43. The van der Waals surface area contributed by atoms with E-state index in [-0.39, 0.29) is 16.3 Å². The Balaban J connectivity index is 1.65. The summed E-state index contributed by atoms with van der Waals surface area (Å²) >= 11 is 6.21. The van der Waals surface area contributed by atoms with Crippen LogP contribution in [0.4, 0.5) is 14.9 Å². The molecule has 224 valence electrons. The van der Waals surface area contributed by atoms with Crippen molar-refractivity contribution in [2.75, 3.05) is 18.1 Å². The van der Waals surface area contributed by atoms with Crippen molar-refractivity contribution in [3.05, 3.63) is 77.1 Å². The van der Waals surface area contributed by atoms with E-state index in [1.54, 1.807) is 23.2 Å². The summed E-state index contributed by atoms with van der Waals surface area (Å²) in [4.78, 5) is 24.4. The summed E-state index contributed by atoms with van der Waals surface area (Å²) in [5.74, 6) is 0.593. The van der Waals surface area contributed by atoms with Crippen LogP contribution < -0.4 is 25.9 Å². The van der Waals surface area contributed by atoms with Crippen molar-refractivity contribution < 1.29 is 28.6 Å². The van der Waals surface area contributed by atoms with E-state index in [4.69, 9.17) is 32.5 Å². The number of urea groups is 1. The van der Waals surface area contributed by atoms with Crippen molar-refractivity contribution in [1.82, 2.24) is 5.01 Å². The lowest BCUT2D eigenvalue weighted by molar-refractivity contribution is -0.0401. The van der Waals surface area contributed by atoms with Crippen LogP contribution in [-0.4, -0.2) is 40.7 Å². The van der Waals surface area contributed by atoms with Crippen LogP contribution in [0, 0.1) is 11.7 Å². The second-order valence-corrected chi connectivity index (χ2v) is 10.9. The van der Waals surface area contributed by atoms with Gasteiger partial charge in [-0.3, -0.25) is 4.79 Å². The van der Waals surface area contributed by atoms with Crippen LogP contribution in [0.3, 0.4) is 0 Å². The molecule has 0 saturated carbocycles. The number of hydrogen-bond acceptors (Lipinski definition) is 6. The molecule has 9 nitrogen and oxygen atoms in total. The maximum absolute atomic E-state index is 13.5. The maximum Gasteiger partial charge on any atom is 0.334 e. The summed E-state index contributed by atoms with van der Waals surface area (Å²) < 4.78 is 25.5. The number of primary amides is 2. The predicted octanol–water partition coefficient (Wildman–Crippen LogP) is 6.62. The zero-order valence-corrected chi connectivity index (χ0v) is 24.4. The smallest absolute Gasteiger partial charge is 0.334 e. The predicted molar refractivity (Wildman–Crippen MR) is 159 cm³/mol. The number of piperidine rings is 1. The molecule has 4 rings (SSSR count). The number of benzene rings is 3. The van der Waals surface area contributed by atoms with Crippen LogP contribution in [0.1, 0.15) is 56.3 Å². The molecule has 5 N–H and O–H groups in total. The van der Waals surface area contributed by atoms with Gasteiger partial charge < -0.3 is 26.0 Å². The number of nitrogens with two attached hydrogens (primary N) is 2. The molecule has 1 heterocycles. The van der Waals surface area contributed by atoms with Gasteiger partial charge in [-0.05, 0) is 61.6 Å². The highest BCUT2D eigenvalue weighted by Crippen LogP contribution is 2.37. The van der Waals surface area contributed by atoms with Crippen LogP contribution in [0.2, 0.25) is 5.02 Å². The molecule has 11 heteroatoms. The number of carbonyl (C=O) groups excluding carboxylic acids is 2. The Morgan fingerprint density at radius 2 is 1.52 bits per heavy atom. The lowest BCUT2D eigenvalue weighted by Crippen LogP contribution is -2.56. The summed E-state index contributed by atoms with van der Waals surface area (Å²) in [6.07, 6.45) is 3.66. The number of anilines is 1. The molecule has 42 heavy (non-hydrogen) atoms. The third-order valence-electron chi connectivity index (χ3n) is 7.59. The largest absolute Gasteiger partial charge is 0.457 e. The van der Waals surface area contributed by atoms with Crippen LogP contribution in [0.5, 0.6) is 23.0 Å². The topological polar surface area (TPSA) is 131 Å². The summed E-state index contributed by atoms with van der Waals surface area (Å²) in [5, 5.41) is 14.5. The quantitative estimate of drug-likeness (QED) is 0.227. The number of hydrazine groups is 1. The second kappa shape index (κ2) is 13.4. The Morgan fingerprint density at radius 1 is 0.952 bits per heavy atom. The van der Waals surface area contributed by atoms with Gasteiger partial charge in [-0.2, -0.15) is 0 Å². The third kappa shape index (κ3) is 7.70. The minimum atomic E-state index is -0.811. The van der Waals surface area contributed by atoms with Gasteiger partial charge in [0.1, 0.15) is 28.8 Å². The average molecular weight is 599 g/mol. The second-order valence-electron chi connectivity index (χ2n) is 10.5. The summed E-state index contributed by atoms with van der Waals surface area (Å²) in [6, 6.07) is 14.0. The van der Waals surface area contributed by atoms with Crippen molar-refractivity contribution in [3.8, 4) is 23.0 Å². The Kier molecular flexibility index (Phi) is 9.93. The molecule has 0 spiro atoms. The van der Waals surface area contributed by atoms with Gasteiger partial charge in [0.05, 0.1) is 21.9 Å². The molecule has 3 aromatic rings. The van der Waals surface area contributed by atoms with E-state index in [2.05, 4.69) is 13.8 Å². The normalized spacial score (nSPS) is 14.9. The van der Waals surface area contributed by atoms with Crippen LogP contribution in [-0.2, 0) is 0 Å². The highest BCUT2D eigenvalue weighted by molar-refractivity contribution is 6.33. The standard InChI is InChI=1S/C31H36ClFN4O5/c1-3-20(4-2)19-31(40)11-13-36(14-12-31)37(30(35)39)22-15-25(41-23-7-5-21(33)6-8-23)17-26(16-22)42-24-9-10-27(29(34)38)28(32)18-24/h5-10,15-18,20,40H,3-4,11-14,19H2,1-2H3,(H2,34,38)(H2,35,39). The maximum atomic E-state index is 13.5. The molecule has 3 amide bonds. The SMILES string of the molecule is CCC(CC)CC1(O)CCN(N(C(N)=O)c2cc(Oc3ccc(F)cc3)cc(Oc3ccc(C(N)=O)c(Cl)c3)c2)CC1. The number of rotatable bonds is 11. The first-order chi connectivity index (χ1) is 20.0. The Morgan fingerprint density at radius 3 is 2.05 bits per heavy atom. The van der Waals surface area contributed by atoms with Gasteiger partial charge in [-0.1, -0.05) is 38.3 Å². The molecule has 1 saturated heterocycles. The first kappa shape index (κ1) is 31.1. The van der Waals surface area contributed by atoms with Crippen molar-refractivity contribution in [2.45, 2.75) is 51.6 Å². The Labute approximate surface area is 249 Å². The number of aliphatic hydroxyl groups is 1. The van der Waals surface area contributed by atoms with Gasteiger partial charge in [0.25, 0.3) is 0 Å². The van der Waals surface area contributed by atoms with E-state index in [9.17, 15) is 19.1 Å². The number of amides is 3. The zero-order chi connectivity index (χ0) is 30.4. The van der Waals surface area contributed by atoms with E-state index < -0.39 is 23.4 Å². The number of carbonyl (C=O) groups is 2. The molecular weight excluding hydrogens is 563 g/mol. The van der Waals surface area contributed by atoms with E-state index >= 15 is 0 Å². The van der Waals surface area contributed by atoms with Gasteiger partial charge in [0, 0.05) is 37.4 Å². The fourth-order valence-corrected chi connectivity index (χ4v) is 5.45. The minimum Gasteiger partial charge on any atom is -0.457 e. The van der Waals surface area contributed by atoms with Crippen molar-refractivity contribution in [1.29, 1.82) is 0 Å². The Hall–Kier alpha value is -3.86. The van der Waals surface area contributed by atoms with Gasteiger partial charge in [-0.25, -0.2) is 19.2 Å². The summed E-state index contributed by atoms with van der Waals surface area (Å²) in [7, 11) is 0. The van der Waals surface area contributed by atoms with Crippen LogP contribution in [0.25, 0.3) is 0 Å². The van der Waals surface area contributed by atoms with Crippen molar-refractivity contribution in [2.24, 2.45) is 17.4 Å². The first-order valence-corrected chi connectivity index (χ1v) is 14.3. The number of nitrogens with zero attached hydrogens (tertiary/aromatic N) is 2. The summed E-state index contributed by atoms with van der Waals surface area (Å²) in [5.41, 5.74) is 10.9. The van der Waals surface area contributed by atoms with E-state index in [1.807, 2.05) is 0 Å². The molecule has 0 atom stereocenters. The number of ether oxygens (including phenoxy) is 2. The summed E-state index contributed by atoms with van der Waals surface area (Å²) in [6.45, 7) is 5.07. The third-order valence-corrected chi connectivity index (χ3v) is 7.90. The minimum absolute atomic E-state index is 0.117. The fourth-order valence-electron chi connectivity index (χ4n) is 5.19. The molecular formula is C31H36ClFN4O5. The number of halogens is 2. The lowest BCUT2D eigenvalue weighted by atomic mass is 9.81. The molecule has 0 aromatic heterocycles. The fraction of sp³-hybridized carbons (Fsp3) is 0.355. The van der Waals surface area contributed by atoms with Crippen LogP contribution >= 0.6 is 11.6 Å².